The monoisotopic (exact) mass is 421 g/mol. The number of ketones is 1. The topological polar surface area (TPSA) is 105 Å². The van der Waals surface area contributed by atoms with Gasteiger partial charge < -0.3 is 10.1 Å². The summed E-state index contributed by atoms with van der Waals surface area (Å²) >= 11 is 0. The number of esters is 1. The van der Waals surface area contributed by atoms with Crippen LogP contribution in [0, 0.1) is 0 Å². The second-order valence-electron chi connectivity index (χ2n) is 7.02. The van der Waals surface area contributed by atoms with Gasteiger partial charge in [0.05, 0.1) is 18.7 Å². The number of hydrazone groups is 1. The number of carbonyl (C=O) groups is 4. The molecular weight excluding hydrogens is 398 g/mol. The van der Waals surface area contributed by atoms with E-state index in [9.17, 15) is 19.2 Å². The Morgan fingerprint density at radius 2 is 1.71 bits per heavy atom. The molecule has 3 rings (SSSR count). The third-order valence-corrected chi connectivity index (χ3v) is 4.68. The largest absolute Gasteiger partial charge is 0.456 e. The summed E-state index contributed by atoms with van der Waals surface area (Å²) in [4.78, 5) is 47.3. The number of nitrogens with zero attached hydrogens (tertiary/aromatic N) is 2. The van der Waals surface area contributed by atoms with E-state index in [1.54, 1.807) is 24.3 Å². The Kier molecular flexibility index (Phi) is 7.26. The van der Waals surface area contributed by atoms with E-state index in [4.69, 9.17) is 4.74 Å². The fourth-order valence-corrected chi connectivity index (χ4v) is 3.01. The van der Waals surface area contributed by atoms with E-state index < -0.39 is 18.5 Å². The lowest BCUT2D eigenvalue weighted by atomic mass is 10.1. The Hall–Kier alpha value is -3.81. The standard InChI is InChI=1S/C23H23N3O5/c1-16(27)17-7-9-19(10-8-17)24-21(28)15-31-23(30)12-11-22(29)26-14-13-20(25-26)18-5-3-2-4-6-18/h2-10H,11-15H2,1H3,(H,24,28). The van der Waals surface area contributed by atoms with E-state index >= 15 is 0 Å². The maximum atomic E-state index is 12.3. The first-order valence-electron chi connectivity index (χ1n) is 9.92. The highest BCUT2D eigenvalue weighted by Gasteiger charge is 2.22. The maximum absolute atomic E-state index is 12.3. The van der Waals surface area contributed by atoms with E-state index in [0.29, 0.717) is 24.2 Å². The second kappa shape index (κ2) is 10.3. The van der Waals surface area contributed by atoms with Gasteiger partial charge in [0.2, 0.25) is 5.91 Å². The van der Waals surface area contributed by atoms with E-state index in [1.807, 2.05) is 30.3 Å². The number of benzene rings is 2. The normalized spacial score (nSPS) is 12.8. The molecule has 1 aliphatic rings. The zero-order valence-electron chi connectivity index (χ0n) is 17.2. The van der Waals surface area contributed by atoms with Crippen LogP contribution in [0.5, 0.6) is 0 Å². The Bertz CT molecular complexity index is 1000. The van der Waals surface area contributed by atoms with E-state index in [-0.39, 0.29) is 24.5 Å². The van der Waals surface area contributed by atoms with E-state index in [2.05, 4.69) is 10.4 Å². The van der Waals surface area contributed by atoms with Crippen molar-refractivity contribution >= 4 is 35.0 Å². The molecule has 1 heterocycles. The van der Waals surface area contributed by atoms with E-state index in [1.165, 1.54) is 11.9 Å². The summed E-state index contributed by atoms with van der Waals surface area (Å²) in [6.07, 6.45) is 0.485. The van der Waals surface area contributed by atoms with Gasteiger partial charge in [-0.05, 0) is 36.8 Å². The molecule has 0 saturated carbocycles. The van der Waals surface area contributed by atoms with Gasteiger partial charge in [0.1, 0.15) is 0 Å². The zero-order chi connectivity index (χ0) is 22.2. The molecular formula is C23H23N3O5. The summed E-state index contributed by atoms with van der Waals surface area (Å²) in [5.74, 6) is -1.48. The lowest BCUT2D eigenvalue weighted by molar-refractivity contribution is -0.148. The molecule has 0 bridgehead atoms. The van der Waals surface area contributed by atoms with E-state index in [0.717, 1.165) is 11.3 Å². The Labute approximate surface area is 179 Å². The zero-order valence-corrected chi connectivity index (χ0v) is 17.2. The Morgan fingerprint density at radius 1 is 1.00 bits per heavy atom. The first kappa shape index (κ1) is 21.9. The van der Waals surface area contributed by atoms with Gasteiger partial charge in [0.15, 0.2) is 12.4 Å². The van der Waals surface area contributed by atoms with Crippen LogP contribution in [-0.4, -0.2) is 47.4 Å². The highest BCUT2D eigenvalue weighted by molar-refractivity contribution is 6.02. The summed E-state index contributed by atoms with van der Waals surface area (Å²) in [6.45, 7) is 1.47. The predicted molar refractivity (Wildman–Crippen MR) is 115 cm³/mol. The van der Waals surface area contributed by atoms with Crippen molar-refractivity contribution in [2.24, 2.45) is 5.10 Å². The quantitative estimate of drug-likeness (QED) is 0.521. The number of anilines is 1. The molecule has 8 heteroatoms. The Balaban J connectivity index is 1.39. The van der Waals surface area contributed by atoms with Crippen molar-refractivity contribution in [3.63, 3.8) is 0 Å². The van der Waals surface area contributed by atoms with Crippen molar-refractivity contribution in [3.05, 3.63) is 65.7 Å². The maximum Gasteiger partial charge on any atom is 0.306 e. The molecule has 0 radical (unpaired) electrons. The van der Waals surface area contributed by atoms with Crippen molar-refractivity contribution < 1.29 is 23.9 Å². The molecule has 1 aliphatic heterocycles. The third-order valence-electron chi connectivity index (χ3n) is 4.68. The molecule has 0 saturated heterocycles. The minimum absolute atomic E-state index is 0.0431. The number of hydrogen-bond acceptors (Lipinski definition) is 6. The SMILES string of the molecule is CC(=O)c1ccc(NC(=O)COC(=O)CCC(=O)N2CCC(c3ccccc3)=N2)cc1. The third kappa shape index (κ3) is 6.33. The van der Waals surface area contributed by atoms with Gasteiger partial charge in [-0.2, -0.15) is 5.10 Å². The van der Waals surface area contributed by atoms with Gasteiger partial charge in [-0.15, -0.1) is 0 Å². The molecule has 31 heavy (non-hydrogen) atoms. The minimum Gasteiger partial charge on any atom is -0.456 e. The number of rotatable bonds is 8. The van der Waals surface area contributed by atoms with Crippen LogP contribution in [0.3, 0.4) is 0 Å². The highest BCUT2D eigenvalue weighted by Crippen LogP contribution is 2.15. The summed E-state index contributed by atoms with van der Waals surface area (Å²) in [5, 5.41) is 8.28. The first-order valence-corrected chi connectivity index (χ1v) is 9.92. The molecule has 0 spiro atoms. The van der Waals surface area contributed by atoms with Gasteiger partial charge in [0.25, 0.3) is 5.91 Å². The van der Waals surface area contributed by atoms with Gasteiger partial charge in [-0.3, -0.25) is 19.2 Å². The fourth-order valence-electron chi connectivity index (χ4n) is 3.01. The number of carbonyl (C=O) groups excluding carboxylic acids is 4. The molecule has 0 aliphatic carbocycles. The molecule has 1 N–H and O–H groups in total. The van der Waals surface area contributed by atoms with Crippen LogP contribution >= 0.6 is 0 Å². The van der Waals surface area contributed by atoms with Crippen molar-refractivity contribution in [2.45, 2.75) is 26.2 Å². The average Bonchev–Trinajstić information content (AvgIpc) is 3.27. The second-order valence-corrected chi connectivity index (χ2v) is 7.02. The summed E-state index contributed by atoms with van der Waals surface area (Å²) in [5.41, 5.74) is 2.83. The van der Waals surface area contributed by atoms with Gasteiger partial charge in [0, 0.05) is 24.1 Å². The molecule has 0 atom stereocenters. The minimum atomic E-state index is -0.637. The summed E-state index contributed by atoms with van der Waals surface area (Å²) in [7, 11) is 0. The molecule has 8 nitrogen and oxygen atoms in total. The Morgan fingerprint density at radius 3 is 2.39 bits per heavy atom. The summed E-state index contributed by atoms with van der Waals surface area (Å²) in [6, 6.07) is 16.0. The molecule has 0 aromatic heterocycles. The number of nitrogens with one attached hydrogen (secondary N) is 1. The number of hydrogen-bond donors (Lipinski definition) is 1. The lowest BCUT2D eigenvalue weighted by Gasteiger charge is -2.11. The molecule has 160 valence electrons. The fraction of sp³-hybridized carbons (Fsp3) is 0.261. The van der Waals surface area contributed by atoms with Gasteiger partial charge in [-0.1, -0.05) is 30.3 Å². The summed E-state index contributed by atoms with van der Waals surface area (Å²) < 4.78 is 4.93. The van der Waals surface area contributed by atoms with Crippen LogP contribution in [0.4, 0.5) is 5.69 Å². The molecule has 0 fully saturated rings. The van der Waals surface area contributed by atoms with Crippen LogP contribution in [0.25, 0.3) is 0 Å². The smallest absolute Gasteiger partial charge is 0.306 e. The van der Waals surface area contributed by atoms with Gasteiger partial charge >= 0.3 is 5.97 Å². The van der Waals surface area contributed by atoms with Crippen molar-refractivity contribution in [3.8, 4) is 0 Å². The number of ether oxygens (including phenoxy) is 1. The van der Waals surface area contributed by atoms with Crippen LogP contribution in [-0.2, 0) is 19.1 Å². The molecule has 2 aromatic rings. The van der Waals surface area contributed by atoms with Crippen LogP contribution in [0.1, 0.15) is 42.1 Å². The highest BCUT2D eigenvalue weighted by atomic mass is 16.5. The molecule has 2 aromatic carbocycles. The first-order chi connectivity index (χ1) is 14.9. The number of amides is 2. The van der Waals surface area contributed by atoms with Crippen LogP contribution < -0.4 is 5.32 Å². The van der Waals surface area contributed by atoms with Crippen LogP contribution in [0.2, 0.25) is 0 Å². The predicted octanol–water partition coefficient (Wildman–Crippen LogP) is 2.79. The van der Waals surface area contributed by atoms with Crippen molar-refractivity contribution in [1.29, 1.82) is 0 Å². The van der Waals surface area contributed by atoms with Crippen molar-refractivity contribution in [2.75, 3.05) is 18.5 Å². The molecule has 2 amide bonds. The molecule has 0 unspecified atom stereocenters. The van der Waals surface area contributed by atoms with Crippen molar-refractivity contribution in [1.82, 2.24) is 5.01 Å². The van der Waals surface area contributed by atoms with Gasteiger partial charge in [-0.25, -0.2) is 5.01 Å². The lowest BCUT2D eigenvalue weighted by Crippen LogP contribution is -2.25. The average molecular weight is 421 g/mol. The number of Topliss-reactive ketones (excluding diaryl/α,β-unsaturated/α-hetero) is 1. The van der Waals surface area contributed by atoms with Crippen LogP contribution in [0.15, 0.2) is 59.7 Å².